The third kappa shape index (κ3) is 4.02. The summed E-state index contributed by atoms with van der Waals surface area (Å²) in [6.45, 7) is 8.11. The molecule has 26 heavy (non-hydrogen) atoms. The lowest BCUT2D eigenvalue weighted by molar-refractivity contribution is -0.0609. The Hall–Kier alpha value is -1.25. The van der Waals surface area contributed by atoms with Crippen LogP contribution in [0.4, 0.5) is 5.95 Å². The van der Waals surface area contributed by atoms with Crippen molar-refractivity contribution in [3.63, 3.8) is 0 Å². The van der Waals surface area contributed by atoms with Crippen LogP contribution in [0.2, 0.25) is 0 Å². The van der Waals surface area contributed by atoms with Crippen LogP contribution >= 0.6 is 0 Å². The van der Waals surface area contributed by atoms with Gasteiger partial charge in [-0.25, -0.2) is 18.4 Å². The number of hydrogen-bond donors (Lipinski definition) is 1. The molecule has 1 aromatic heterocycles. The van der Waals surface area contributed by atoms with Crippen LogP contribution in [-0.4, -0.2) is 63.0 Å². The molecule has 2 aliphatic rings. The Morgan fingerprint density at radius 1 is 1.38 bits per heavy atom. The van der Waals surface area contributed by atoms with E-state index in [1.54, 1.807) is 0 Å². The van der Waals surface area contributed by atoms with Crippen molar-refractivity contribution < 1.29 is 13.2 Å². The normalized spacial score (nSPS) is 23.8. The van der Waals surface area contributed by atoms with Crippen LogP contribution in [0.5, 0.6) is 0 Å². The van der Waals surface area contributed by atoms with Crippen LogP contribution in [0, 0.1) is 0 Å². The van der Waals surface area contributed by atoms with Gasteiger partial charge in [0.1, 0.15) is 4.90 Å². The zero-order valence-corrected chi connectivity index (χ0v) is 16.8. The molecule has 3 heterocycles. The smallest absolute Gasteiger partial charge is 0.225 e. The number of rotatable bonds is 5. The molecule has 0 unspecified atom stereocenters. The molecule has 146 valence electrons. The average molecular weight is 383 g/mol. The molecule has 2 fully saturated rings. The number of sulfone groups is 1. The van der Waals surface area contributed by atoms with Crippen molar-refractivity contribution in [2.45, 2.75) is 55.9 Å². The first-order valence-corrected chi connectivity index (χ1v) is 11.4. The Morgan fingerprint density at radius 2 is 2.15 bits per heavy atom. The topological polar surface area (TPSA) is 84.4 Å². The molecule has 0 saturated carbocycles. The highest BCUT2D eigenvalue weighted by Crippen LogP contribution is 2.31. The minimum absolute atomic E-state index is 0.110. The third-order valence-electron chi connectivity index (χ3n) is 5.67. The Morgan fingerprint density at radius 3 is 2.77 bits per heavy atom. The molecule has 7 nitrogen and oxygen atoms in total. The van der Waals surface area contributed by atoms with Crippen molar-refractivity contribution in [1.82, 2.24) is 15.3 Å². The zero-order valence-electron chi connectivity index (χ0n) is 16.0. The van der Waals surface area contributed by atoms with Crippen molar-refractivity contribution in [3.8, 4) is 0 Å². The molecule has 0 aromatic carbocycles. The van der Waals surface area contributed by atoms with Crippen molar-refractivity contribution in [1.29, 1.82) is 0 Å². The number of nitrogens with one attached hydrogen (secondary N) is 1. The first-order valence-electron chi connectivity index (χ1n) is 9.55. The summed E-state index contributed by atoms with van der Waals surface area (Å²) in [5.74, 6) is 0.728. The Kier molecular flexibility index (Phi) is 5.84. The first-order chi connectivity index (χ1) is 12.4. The molecule has 0 amide bonds. The maximum absolute atomic E-state index is 12.2. The fourth-order valence-corrected chi connectivity index (χ4v) is 4.72. The van der Waals surface area contributed by atoms with E-state index in [0.717, 1.165) is 51.9 Å². The maximum atomic E-state index is 12.2. The minimum atomic E-state index is -3.36. The molecule has 1 aromatic rings. The summed E-state index contributed by atoms with van der Waals surface area (Å²) in [7, 11) is -3.36. The summed E-state index contributed by atoms with van der Waals surface area (Å²) in [5, 5.41) is 3.35. The van der Waals surface area contributed by atoms with Gasteiger partial charge in [0.15, 0.2) is 9.84 Å². The van der Waals surface area contributed by atoms with Crippen molar-refractivity contribution in [2.24, 2.45) is 0 Å². The molecule has 1 atom stereocenters. The first kappa shape index (κ1) is 19.5. The van der Waals surface area contributed by atoms with Gasteiger partial charge in [0, 0.05) is 31.8 Å². The van der Waals surface area contributed by atoms with E-state index in [1.807, 2.05) is 0 Å². The standard InChI is InChI=1S/C18H30N4O3S/c1-4-18(5-2)13-22(9-10-25-18)17-20-12-15(26(3,23)24)16(21-17)14-7-6-8-19-11-14/h12,14,19H,4-11,13H2,1-3H3/t14-/m0/s1. The van der Waals surface area contributed by atoms with Gasteiger partial charge in [-0.3, -0.25) is 0 Å². The minimum Gasteiger partial charge on any atom is -0.371 e. The van der Waals surface area contributed by atoms with E-state index >= 15 is 0 Å². The molecule has 8 heteroatoms. The van der Waals surface area contributed by atoms with E-state index in [-0.39, 0.29) is 16.4 Å². The predicted molar refractivity (Wildman–Crippen MR) is 101 cm³/mol. The number of aromatic nitrogens is 2. The van der Waals surface area contributed by atoms with Gasteiger partial charge in [0.25, 0.3) is 0 Å². The quantitative estimate of drug-likeness (QED) is 0.830. The second kappa shape index (κ2) is 7.78. The summed E-state index contributed by atoms with van der Waals surface area (Å²) >= 11 is 0. The van der Waals surface area contributed by atoms with Crippen molar-refractivity contribution >= 4 is 15.8 Å². The van der Waals surface area contributed by atoms with Gasteiger partial charge in [0.05, 0.1) is 24.1 Å². The zero-order chi connectivity index (χ0) is 18.8. The highest BCUT2D eigenvalue weighted by atomic mass is 32.2. The molecule has 2 aliphatic heterocycles. The van der Waals surface area contributed by atoms with Crippen LogP contribution in [0.1, 0.15) is 51.1 Å². The largest absolute Gasteiger partial charge is 0.371 e. The molecule has 0 aliphatic carbocycles. The summed E-state index contributed by atoms with van der Waals surface area (Å²) in [4.78, 5) is 11.6. The second-order valence-corrected chi connectivity index (χ2v) is 9.38. The lowest BCUT2D eigenvalue weighted by atomic mass is 9.95. The predicted octanol–water partition coefficient (Wildman–Crippen LogP) is 1.74. The van der Waals surface area contributed by atoms with Crippen LogP contribution < -0.4 is 10.2 Å². The number of nitrogens with zero attached hydrogens (tertiary/aromatic N) is 3. The van der Waals surface area contributed by atoms with E-state index in [0.29, 0.717) is 18.2 Å². The average Bonchev–Trinajstić information content (AvgIpc) is 2.67. The third-order valence-corrected chi connectivity index (χ3v) is 6.79. The summed E-state index contributed by atoms with van der Waals surface area (Å²) in [6, 6.07) is 0. The summed E-state index contributed by atoms with van der Waals surface area (Å²) in [5.41, 5.74) is 0.485. The van der Waals surface area contributed by atoms with Gasteiger partial charge < -0.3 is 15.0 Å². The van der Waals surface area contributed by atoms with Crippen LogP contribution in [0.25, 0.3) is 0 Å². The van der Waals surface area contributed by atoms with Gasteiger partial charge in [-0.15, -0.1) is 0 Å². The van der Waals surface area contributed by atoms with E-state index in [9.17, 15) is 8.42 Å². The van der Waals surface area contributed by atoms with Gasteiger partial charge in [0.2, 0.25) is 5.95 Å². The van der Waals surface area contributed by atoms with Crippen molar-refractivity contribution in [2.75, 3.05) is 43.9 Å². The fraction of sp³-hybridized carbons (Fsp3) is 0.778. The molecular formula is C18H30N4O3S. The van der Waals surface area contributed by atoms with Gasteiger partial charge >= 0.3 is 0 Å². The molecule has 0 spiro atoms. The number of morpholine rings is 1. The molecule has 0 bridgehead atoms. The molecular weight excluding hydrogens is 352 g/mol. The lowest BCUT2D eigenvalue weighted by Gasteiger charge is -2.42. The van der Waals surface area contributed by atoms with E-state index in [4.69, 9.17) is 9.72 Å². The SMILES string of the molecule is CCC1(CC)CN(c2ncc(S(C)(=O)=O)c([C@H]3CCCNC3)n2)CCO1. The fourth-order valence-electron chi connectivity index (χ4n) is 3.88. The Bertz CT molecular complexity index is 728. The second-order valence-electron chi connectivity index (χ2n) is 7.40. The Balaban J connectivity index is 1.96. The number of ether oxygens (including phenoxy) is 1. The van der Waals surface area contributed by atoms with Crippen molar-refractivity contribution in [3.05, 3.63) is 11.9 Å². The van der Waals surface area contributed by atoms with E-state index in [2.05, 4.69) is 29.0 Å². The van der Waals surface area contributed by atoms with E-state index in [1.165, 1.54) is 12.5 Å². The Labute approximate surface area is 156 Å². The molecule has 0 radical (unpaired) electrons. The summed E-state index contributed by atoms with van der Waals surface area (Å²) < 4.78 is 30.5. The maximum Gasteiger partial charge on any atom is 0.225 e. The number of hydrogen-bond acceptors (Lipinski definition) is 7. The highest BCUT2D eigenvalue weighted by molar-refractivity contribution is 7.90. The monoisotopic (exact) mass is 382 g/mol. The van der Waals surface area contributed by atoms with Crippen LogP contribution in [-0.2, 0) is 14.6 Å². The lowest BCUT2D eigenvalue weighted by Crippen LogP contribution is -2.52. The molecule has 1 N–H and O–H groups in total. The van der Waals surface area contributed by atoms with Gasteiger partial charge in [-0.05, 0) is 32.2 Å². The molecule has 2 saturated heterocycles. The van der Waals surface area contributed by atoms with Gasteiger partial charge in [-0.2, -0.15) is 0 Å². The van der Waals surface area contributed by atoms with Crippen LogP contribution in [0.3, 0.4) is 0 Å². The van der Waals surface area contributed by atoms with Crippen LogP contribution in [0.15, 0.2) is 11.1 Å². The van der Waals surface area contributed by atoms with Gasteiger partial charge in [-0.1, -0.05) is 13.8 Å². The number of piperidine rings is 1. The van der Waals surface area contributed by atoms with E-state index < -0.39 is 9.84 Å². The molecule has 3 rings (SSSR count). The number of anilines is 1. The highest BCUT2D eigenvalue weighted by Gasteiger charge is 2.35. The summed E-state index contributed by atoms with van der Waals surface area (Å²) in [6.07, 6.45) is 6.57.